The lowest BCUT2D eigenvalue weighted by Crippen LogP contribution is -2.47. The summed E-state index contributed by atoms with van der Waals surface area (Å²) in [7, 11) is 0. The lowest BCUT2D eigenvalue weighted by Gasteiger charge is -2.21. The van der Waals surface area contributed by atoms with Crippen molar-refractivity contribution in [2.24, 2.45) is 5.92 Å². The molecule has 1 atom stereocenters. The van der Waals surface area contributed by atoms with Crippen LogP contribution in [0.15, 0.2) is 24.3 Å². The minimum Gasteiger partial charge on any atom is -0.340 e. The van der Waals surface area contributed by atoms with E-state index in [1.165, 1.54) is 11.3 Å². The zero-order valence-corrected chi connectivity index (χ0v) is 16.7. The first-order valence-corrected chi connectivity index (χ1v) is 9.80. The summed E-state index contributed by atoms with van der Waals surface area (Å²) in [5.74, 6) is -0.808. The molecule has 0 aliphatic rings. The molecule has 0 spiro atoms. The van der Waals surface area contributed by atoms with Crippen LogP contribution in [0.5, 0.6) is 0 Å². The average molecular weight is 395 g/mol. The van der Waals surface area contributed by atoms with Crippen molar-refractivity contribution in [3.05, 3.63) is 39.9 Å². The van der Waals surface area contributed by atoms with Gasteiger partial charge in [-0.3, -0.25) is 14.9 Å². The fourth-order valence-corrected chi connectivity index (χ4v) is 3.32. The fraction of sp³-hybridized carbons (Fsp3) is 0.444. The van der Waals surface area contributed by atoms with E-state index in [1.54, 1.807) is 24.3 Å². The van der Waals surface area contributed by atoms with Crippen LogP contribution >= 0.6 is 22.9 Å². The third-order valence-electron chi connectivity index (χ3n) is 3.80. The number of carbonyl (C=O) groups is 2. The molecule has 0 fully saturated rings. The second-order valence-corrected chi connectivity index (χ2v) is 7.74. The highest BCUT2D eigenvalue weighted by atomic mass is 35.5. The van der Waals surface area contributed by atoms with E-state index >= 15 is 0 Å². The molecular formula is C18H23ClN4O2S. The number of amides is 2. The molecule has 0 aliphatic carbocycles. The van der Waals surface area contributed by atoms with Crippen molar-refractivity contribution >= 4 is 39.9 Å². The molecule has 0 radical (unpaired) electrons. The van der Waals surface area contributed by atoms with Crippen LogP contribution in [0.4, 0.5) is 5.13 Å². The summed E-state index contributed by atoms with van der Waals surface area (Å²) in [5, 5.41) is 15.3. The summed E-state index contributed by atoms with van der Waals surface area (Å²) >= 11 is 7.42. The number of hydrogen-bond acceptors (Lipinski definition) is 5. The van der Waals surface area contributed by atoms with Gasteiger partial charge in [0.25, 0.3) is 5.91 Å². The molecule has 2 amide bonds. The molecule has 6 nitrogen and oxygen atoms in total. The normalized spacial score (nSPS) is 12.0. The average Bonchev–Trinajstić information content (AvgIpc) is 3.04. The number of halogens is 1. The molecule has 1 aromatic heterocycles. The number of benzene rings is 1. The minimum absolute atomic E-state index is 0.103. The Balaban J connectivity index is 2.04. The van der Waals surface area contributed by atoms with Gasteiger partial charge in [0.1, 0.15) is 11.0 Å². The molecule has 0 saturated carbocycles. The Morgan fingerprint density at radius 2 is 1.96 bits per heavy atom. The number of nitrogens with one attached hydrogen (secondary N) is 2. The lowest BCUT2D eigenvalue weighted by molar-refractivity contribution is -0.118. The maximum atomic E-state index is 12.6. The SMILES string of the molecule is CCCCc1nnc(NC(=O)C(NC(=O)c2ccccc2Cl)C(C)C)s1. The predicted molar refractivity (Wildman–Crippen MR) is 105 cm³/mol. The highest BCUT2D eigenvalue weighted by Crippen LogP contribution is 2.19. The van der Waals surface area contributed by atoms with Crippen molar-refractivity contribution in [2.45, 2.75) is 46.1 Å². The zero-order chi connectivity index (χ0) is 19.1. The first-order valence-electron chi connectivity index (χ1n) is 8.61. The van der Waals surface area contributed by atoms with Crippen molar-refractivity contribution in [1.29, 1.82) is 0 Å². The van der Waals surface area contributed by atoms with Crippen molar-refractivity contribution < 1.29 is 9.59 Å². The predicted octanol–water partition coefficient (Wildman–Crippen LogP) is 3.93. The van der Waals surface area contributed by atoms with Gasteiger partial charge in [-0.1, -0.05) is 62.3 Å². The Morgan fingerprint density at radius 1 is 1.23 bits per heavy atom. The topological polar surface area (TPSA) is 84.0 Å². The van der Waals surface area contributed by atoms with Gasteiger partial charge in [0.2, 0.25) is 11.0 Å². The first kappa shape index (κ1) is 20.3. The molecule has 0 aliphatic heterocycles. The van der Waals surface area contributed by atoms with Gasteiger partial charge in [-0.25, -0.2) is 0 Å². The van der Waals surface area contributed by atoms with Crippen LogP contribution in [0.3, 0.4) is 0 Å². The number of rotatable bonds is 8. The van der Waals surface area contributed by atoms with Crippen molar-refractivity contribution in [3.8, 4) is 0 Å². The monoisotopic (exact) mass is 394 g/mol. The van der Waals surface area contributed by atoms with Crippen LogP contribution in [0.25, 0.3) is 0 Å². The number of nitrogens with zero attached hydrogens (tertiary/aromatic N) is 2. The summed E-state index contributed by atoms with van der Waals surface area (Å²) < 4.78 is 0. The highest BCUT2D eigenvalue weighted by Gasteiger charge is 2.26. The molecular weight excluding hydrogens is 372 g/mol. The van der Waals surface area contributed by atoms with Gasteiger partial charge < -0.3 is 5.32 Å². The summed E-state index contributed by atoms with van der Waals surface area (Å²) in [4.78, 5) is 25.1. The first-order chi connectivity index (χ1) is 12.4. The minimum atomic E-state index is -0.707. The molecule has 2 aromatic rings. The molecule has 8 heteroatoms. The van der Waals surface area contributed by atoms with Crippen LogP contribution in [0.2, 0.25) is 5.02 Å². The summed E-state index contributed by atoms with van der Waals surface area (Å²) in [5.41, 5.74) is 0.338. The lowest BCUT2D eigenvalue weighted by atomic mass is 10.0. The molecule has 2 rings (SSSR count). The quantitative estimate of drug-likeness (QED) is 0.710. The second kappa shape index (κ2) is 9.64. The van der Waals surface area contributed by atoms with E-state index in [0.717, 1.165) is 24.3 Å². The summed E-state index contributed by atoms with van der Waals surface area (Å²) in [6, 6.07) is 6.03. The van der Waals surface area contributed by atoms with Crippen molar-refractivity contribution in [2.75, 3.05) is 5.32 Å². The zero-order valence-electron chi connectivity index (χ0n) is 15.1. The van der Waals surface area contributed by atoms with Gasteiger partial charge in [0, 0.05) is 6.42 Å². The van der Waals surface area contributed by atoms with Gasteiger partial charge >= 0.3 is 0 Å². The molecule has 0 saturated heterocycles. The maximum Gasteiger partial charge on any atom is 0.253 e. The van der Waals surface area contributed by atoms with Crippen LogP contribution in [0, 0.1) is 5.92 Å². The van der Waals surface area contributed by atoms with Crippen molar-refractivity contribution in [1.82, 2.24) is 15.5 Å². The summed E-state index contributed by atoms with van der Waals surface area (Å²) in [6.45, 7) is 5.84. The number of carbonyl (C=O) groups excluding carboxylic acids is 2. The largest absolute Gasteiger partial charge is 0.340 e. The third-order valence-corrected chi connectivity index (χ3v) is 5.02. The van der Waals surface area contributed by atoms with Gasteiger partial charge in [-0.2, -0.15) is 0 Å². The van der Waals surface area contributed by atoms with Crippen LogP contribution < -0.4 is 10.6 Å². The van der Waals surface area contributed by atoms with Gasteiger partial charge in [0.05, 0.1) is 10.6 Å². The Hall–Kier alpha value is -1.99. The number of unbranched alkanes of at least 4 members (excludes halogenated alkanes) is 1. The fourth-order valence-electron chi connectivity index (χ4n) is 2.32. The number of anilines is 1. The standard InChI is InChI=1S/C18H23ClN4O2S/c1-4-5-10-14-22-23-18(26-14)21-17(25)15(11(2)3)20-16(24)12-8-6-7-9-13(12)19/h6-9,11,15H,4-5,10H2,1-3H3,(H,20,24)(H,21,23,25). The molecule has 140 valence electrons. The highest BCUT2D eigenvalue weighted by molar-refractivity contribution is 7.15. The number of hydrogen-bond donors (Lipinski definition) is 2. The third kappa shape index (κ3) is 5.51. The Bertz CT molecular complexity index is 763. The van der Waals surface area contributed by atoms with Crippen LogP contribution in [0.1, 0.15) is 49.0 Å². The van der Waals surface area contributed by atoms with E-state index in [1.807, 2.05) is 13.8 Å². The van der Waals surface area contributed by atoms with E-state index in [0.29, 0.717) is 15.7 Å². The number of aromatic nitrogens is 2. The Morgan fingerprint density at radius 3 is 2.62 bits per heavy atom. The summed E-state index contributed by atoms with van der Waals surface area (Å²) in [6.07, 6.45) is 2.96. The molecule has 1 unspecified atom stereocenters. The van der Waals surface area contributed by atoms with E-state index < -0.39 is 6.04 Å². The van der Waals surface area contributed by atoms with E-state index in [4.69, 9.17) is 11.6 Å². The maximum absolute atomic E-state index is 12.6. The van der Waals surface area contributed by atoms with E-state index in [2.05, 4.69) is 27.8 Å². The van der Waals surface area contributed by atoms with Crippen LogP contribution in [-0.4, -0.2) is 28.1 Å². The molecule has 1 heterocycles. The molecule has 26 heavy (non-hydrogen) atoms. The Kier molecular flexibility index (Phi) is 7.53. The molecule has 2 N–H and O–H groups in total. The molecule has 1 aromatic carbocycles. The van der Waals surface area contributed by atoms with E-state index in [9.17, 15) is 9.59 Å². The van der Waals surface area contributed by atoms with E-state index in [-0.39, 0.29) is 17.7 Å². The Labute approximate surface area is 162 Å². The molecule has 0 bridgehead atoms. The van der Waals surface area contributed by atoms with Crippen molar-refractivity contribution in [3.63, 3.8) is 0 Å². The van der Waals surface area contributed by atoms with Gasteiger partial charge in [-0.05, 0) is 24.5 Å². The van der Waals surface area contributed by atoms with Gasteiger partial charge in [-0.15, -0.1) is 10.2 Å². The number of aryl methyl sites for hydroxylation is 1. The van der Waals surface area contributed by atoms with Crippen LogP contribution in [-0.2, 0) is 11.2 Å². The smallest absolute Gasteiger partial charge is 0.253 e. The van der Waals surface area contributed by atoms with Gasteiger partial charge in [0.15, 0.2) is 0 Å². The second-order valence-electron chi connectivity index (χ2n) is 6.27.